The lowest BCUT2D eigenvalue weighted by molar-refractivity contribution is -0.287. The first-order chi connectivity index (χ1) is 7.47. The summed E-state index contributed by atoms with van der Waals surface area (Å²) < 4.78 is 9.35. The molecule has 0 aromatic rings. The number of aliphatic hydroxyl groups is 4. The van der Waals surface area contributed by atoms with Gasteiger partial charge in [-0.1, -0.05) is 6.58 Å². The van der Waals surface area contributed by atoms with E-state index in [1.54, 1.807) is 0 Å². The lowest BCUT2D eigenvalue weighted by Crippen LogP contribution is -2.58. The van der Waals surface area contributed by atoms with Crippen molar-refractivity contribution in [3.8, 4) is 0 Å². The van der Waals surface area contributed by atoms with Crippen molar-refractivity contribution in [3.63, 3.8) is 0 Å². The van der Waals surface area contributed by atoms with Crippen LogP contribution in [0.15, 0.2) is 12.7 Å². The molecule has 3 unspecified atom stereocenters. The highest BCUT2D eigenvalue weighted by molar-refractivity contribution is 5.81. The fourth-order valence-corrected chi connectivity index (χ4v) is 1.29. The lowest BCUT2D eigenvalue weighted by atomic mass is 9.99. The van der Waals surface area contributed by atoms with Crippen LogP contribution < -0.4 is 0 Å². The molecule has 92 valence electrons. The van der Waals surface area contributed by atoms with Crippen LogP contribution in [0.5, 0.6) is 0 Å². The molecule has 5 atom stereocenters. The SMILES string of the molecule is C=CC(=O)OCC1O[C@@H](O)C(O)C(O)[C@@H]1O. The van der Waals surface area contributed by atoms with E-state index in [9.17, 15) is 15.0 Å². The van der Waals surface area contributed by atoms with Gasteiger partial charge in [-0.2, -0.15) is 0 Å². The largest absolute Gasteiger partial charge is 0.460 e. The maximum Gasteiger partial charge on any atom is 0.330 e. The predicted molar refractivity (Wildman–Crippen MR) is 50.1 cm³/mol. The van der Waals surface area contributed by atoms with Gasteiger partial charge in [-0.05, 0) is 0 Å². The molecule has 1 aliphatic heterocycles. The summed E-state index contributed by atoms with van der Waals surface area (Å²) in [5.74, 6) is -0.717. The molecule has 1 fully saturated rings. The number of hydrogen-bond acceptors (Lipinski definition) is 7. The fourth-order valence-electron chi connectivity index (χ4n) is 1.29. The standard InChI is InChI=1S/C9H14O7/c1-2-5(10)15-3-4-6(11)7(12)8(13)9(14)16-4/h2,4,6-9,11-14H,1,3H2/t4?,6-,7?,8?,9-/m1/s1. The van der Waals surface area contributed by atoms with E-state index in [1.165, 1.54) is 0 Å². The van der Waals surface area contributed by atoms with Crippen LogP contribution in [0, 0.1) is 0 Å². The van der Waals surface area contributed by atoms with Gasteiger partial charge in [0.1, 0.15) is 31.0 Å². The van der Waals surface area contributed by atoms with Crippen LogP contribution in [-0.4, -0.2) is 63.7 Å². The molecule has 0 bridgehead atoms. The number of esters is 1. The Morgan fingerprint density at radius 2 is 1.88 bits per heavy atom. The third-order valence-electron chi connectivity index (χ3n) is 2.24. The van der Waals surface area contributed by atoms with Crippen molar-refractivity contribution >= 4 is 5.97 Å². The molecule has 16 heavy (non-hydrogen) atoms. The number of hydrogen-bond donors (Lipinski definition) is 4. The number of carbonyl (C=O) groups is 1. The summed E-state index contributed by atoms with van der Waals surface area (Å²) in [6, 6.07) is 0. The average Bonchev–Trinajstić information content (AvgIpc) is 2.28. The molecular weight excluding hydrogens is 220 g/mol. The summed E-state index contributed by atoms with van der Waals surface area (Å²) in [7, 11) is 0. The number of carbonyl (C=O) groups excluding carboxylic acids is 1. The Morgan fingerprint density at radius 1 is 1.25 bits per heavy atom. The summed E-state index contributed by atoms with van der Waals surface area (Å²) in [4.78, 5) is 10.7. The predicted octanol–water partition coefficient (Wildman–Crippen LogP) is -2.48. The van der Waals surface area contributed by atoms with Gasteiger partial charge in [0.25, 0.3) is 0 Å². The molecule has 0 amide bonds. The van der Waals surface area contributed by atoms with Crippen LogP contribution in [0.2, 0.25) is 0 Å². The smallest absolute Gasteiger partial charge is 0.330 e. The van der Waals surface area contributed by atoms with Gasteiger partial charge in [0.15, 0.2) is 6.29 Å². The van der Waals surface area contributed by atoms with Crippen molar-refractivity contribution in [2.24, 2.45) is 0 Å². The zero-order chi connectivity index (χ0) is 12.3. The Bertz CT molecular complexity index is 267. The summed E-state index contributed by atoms with van der Waals surface area (Å²) in [6.07, 6.45) is -6.41. The van der Waals surface area contributed by atoms with Crippen LogP contribution in [0.25, 0.3) is 0 Å². The highest BCUT2D eigenvalue weighted by Gasteiger charge is 2.43. The summed E-state index contributed by atoms with van der Waals surface area (Å²) >= 11 is 0. The maximum atomic E-state index is 10.7. The molecule has 7 heteroatoms. The molecule has 7 nitrogen and oxygen atoms in total. The molecule has 0 aliphatic carbocycles. The van der Waals surface area contributed by atoms with E-state index in [0.29, 0.717) is 0 Å². The first kappa shape index (κ1) is 13.1. The van der Waals surface area contributed by atoms with Gasteiger partial charge >= 0.3 is 5.97 Å². The van der Waals surface area contributed by atoms with Crippen LogP contribution >= 0.6 is 0 Å². The topological polar surface area (TPSA) is 116 Å². The zero-order valence-electron chi connectivity index (χ0n) is 8.39. The number of rotatable bonds is 3. The lowest BCUT2D eigenvalue weighted by Gasteiger charge is -2.37. The normalized spacial score (nSPS) is 39.1. The minimum atomic E-state index is -1.63. The van der Waals surface area contributed by atoms with Gasteiger partial charge < -0.3 is 29.9 Å². The van der Waals surface area contributed by atoms with E-state index in [-0.39, 0.29) is 6.61 Å². The second kappa shape index (κ2) is 5.37. The highest BCUT2D eigenvalue weighted by Crippen LogP contribution is 2.19. The molecule has 0 saturated carbocycles. The Hall–Kier alpha value is -0.990. The van der Waals surface area contributed by atoms with Crippen LogP contribution in [-0.2, 0) is 14.3 Å². The second-order valence-electron chi connectivity index (χ2n) is 3.37. The van der Waals surface area contributed by atoms with Gasteiger partial charge in [0, 0.05) is 6.08 Å². The van der Waals surface area contributed by atoms with E-state index in [4.69, 9.17) is 14.9 Å². The van der Waals surface area contributed by atoms with Gasteiger partial charge in [-0.25, -0.2) is 4.79 Å². The third-order valence-corrected chi connectivity index (χ3v) is 2.24. The van der Waals surface area contributed by atoms with E-state index in [1.807, 2.05) is 0 Å². The van der Waals surface area contributed by atoms with Crippen LogP contribution in [0.1, 0.15) is 0 Å². The summed E-state index contributed by atoms with van der Waals surface area (Å²) in [5, 5.41) is 37.1. The van der Waals surface area contributed by atoms with E-state index in [0.717, 1.165) is 6.08 Å². The van der Waals surface area contributed by atoms with Crippen LogP contribution in [0.3, 0.4) is 0 Å². The quantitative estimate of drug-likeness (QED) is 0.315. The first-order valence-corrected chi connectivity index (χ1v) is 4.64. The molecule has 4 N–H and O–H groups in total. The molecule has 1 saturated heterocycles. The van der Waals surface area contributed by atoms with Crippen molar-refractivity contribution in [3.05, 3.63) is 12.7 Å². The monoisotopic (exact) mass is 234 g/mol. The molecule has 0 radical (unpaired) electrons. The highest BCUT2D eigenvalue weighted by atomic mass is 16.6. The Kier molecular flexibility index (Phi) is 4.39. The Labute approximate surface area is 91.5 Å². The molecule has 0 aromatic heterocycles. The average molecular weight is 234 g/mol. The first-order valence-electron chi connectivity index (χ1n) is 4.64. The second-order valence-corrected chi connectivity index (χ2v) is 3.37. The fraction of sp³-hybridized carbons (Fsp3) is 0.667. The van der Waals surface area contributed by atoms with Crippen molar-refractivity contribution in [2.75, 3.05) is 6.61 Å². The van der Waals surface area contributed by atoms with E-state index < -0.39 is 36.7 Å². The van der Waals surface area contributed by atoms with Gasteiger partial charge in [-0.3, -0.25) is 0 Å². The number of ether oxygens (including phenoxy) is 2. The molecule has 1 rings (SSSR count). The molecular formula is C9H14O7. The van der Waals surface area contributed by atoms with E-state index >= 15 is 0 Å². The minimum Gasteiger partial charge on any atom is -0.460 e. The van der Waals surface area contributed by atoms with Crippen molar-refractivity contribution < 1.29 is 34.7 Å². The van der Waals surface area contributed by atoms with E-state index in [2.05, 4.69) is 11.3 Å². The Morgan fingerprint density at radius 3 is 2.44 bits per heavy atom. The van der Waals surface area contributed by atoms with Crippen molar-refractivity contribution in [1.29, 1.82) is 0 Å². The summed E-state index contributed by atoms with van der Waals surface area (Å²) in [6.45, 7) is 2.81. The molecule has 0 aromatic carbocycles. The zero-order valence-corrected chi connectivity index (χ0v) is 8.39. The maximum absolute atomic E-state index is 10.7. The van der Waals surface area contributed by atoms with Gasteiger partial charge in [0.2, 0.25) is 0 Å². The Balaban J connectivity index is 2.53. The minimum absolute atomic E-state index is 0.354. The van der Waals surface area contributed by atoms with Crippen LogP contribution in [0.4, 0.5) is 0 Å². The molecule has 1 heterocycles. The molecule has 0 spiro atoms. The number of aliphatic hydroxyl groups excluding tert-OH is 4. The molecule has 1 aliphatic rings. The van der Waals surface area contributed by atoms with Gasteiger partial charge in [0.05, 0.1) is 0 Å². The van der Waals surface area contributed by atoms with Crippen molar-refractivity contribution in [1.82, 2.24) is 0 Å². The summed E-state index contributed by atoms with van der Waals surface area (Å²) in [5.41, 5.74) is 0. The van der Waals surface area contributed by atoms with Gasteiger partial charge in [-0.15, -0.1) is 0 Å². The third kappa shape index (κ3) is 2.77. The van der Waals surface area contributed by atoms with Crippen molar-refractivity contribution in [2.45, 2.75) is 30.7 Å².